The molecule has 0 aromatic rings. The monoisotopic (exact) mass is 182 g/mol. The number of allylic oxidation sites excluding steroid dienone is 2. The standard InChI is InChI=1S/C11H18O2/c1-3-11(9-10(12)13-2)7-5-4-6-8-11/h5,7H,3-4,6,8-9H2,1-2H3/t11-/m1/s1. The quantitative estimate of drug-likeness (QED) is 0.495. The predicted molar refractivity (Wildman–Crippen MR) is 52.3 cm³/mol. The van der Waals surface area contributed by atoms with Gasteiger partial charge in [-0.1, -0.05) is 19.1 Å². The molecule has 1 atom stereocenters. The summed E-state index contributed by atoms with van der Waals surface area (Å²) in [6.45, 7) is 2.14. The van der Waals surface area contributed by atoms with E-state index >= 15 is 0 Å². The summed E-state index contributed by atoms with van der Waals surface area (Å²) >= 11 is 0. The minimum Gasteiger partial charge on any atom is -0.469 e. The van der Waals surface area contributed by atoms with Gasteiger partial charge in [0.05, 0.1) is 13.5 Å². The number of carbonyl (C=O) groups is 1. The zero-order chi connectivity index (χ0) is 9.73. The summed E-state index contributed by atoms with van der Waals surface area (Å²) in [6.07, 6.45) is 9.43. The zero-order valence-corrected chi connectivity index (χ0v) is 8.51. The molecule has 2 heteroatoms. The predicted octanol–water partition coefficient (Wildman–Crippen LogP) is 2.69. The van der Waals surface area contributed by atoms with Gasteiger partial charge in [-0.15, -0.1) is 0 Å². The summed E-state index contributed by atoms with van der Waals surface area (Å²) in [5.41, 5.74) is 0.0886. The van der Waals surface area contributed by atoms with Crippen molar-refractivity contribution in [2.75, 3.05) is 7.11 Å². The number of carbonyl (C=O) groups excluding carboxylic acids is 1. The minimum atomic E-state index is -0.0894. The fraction of sp³-hybridized carbons (Fsp3) is 0.727. The van der Waals surface area contributed by atoms with Crippen LogP contribution in [-0.2, 0) is 9.53 Å². The van der Waals surface area contributed by atoms with E-state index in [9.17, 15) is 4.79 Å². The third-order valence-corrected chi connectivity index (χ3v) is 2.95. The van der Waals surface area contributed by atoms with Crippen LogP contribution >= 0.6 is 0 Å². The first kappa shape index (κ1) is 10.3. The van der Waals surface area contributed by atoms with Crippen molar-refractivity contribution in [3.05, 3.63) is 12.2 Å². The second kappa shape index (κ2) is 4.45. The highest BCUT2D eigenvalue weighted by atomic mass is 16.5. The van der Waals surface area contributed by atoms with Crippen LogP contribution in [-0.4, -0.2) is 13.1 Å². The van der Waals surface area contributed by atoms with E-state index < -0.39 is 0 Å². The van der Waals surface area contributed by atoms with Gasteiger partial charge >= 0.3 is 5.97 Å². The first-order valence-corrected chi connectivity index (χ1v) is 4.97. The van der Waals surface area contributed by atoms with Crippen LogP contribution in [0.1, 0.15) is 39.0 Å². The van der Waals surface area contributed by atoms with E-state index in [1.807, 2.05) is 0 Å². The van der Waals surface area contributed by atoms with E-state index in [1.165, 1.54) is 13.5 Å². The summed E-state index contributed by atoms with van der Waals surface area (Å²) in [5, 5.41) is 0. The lowest BCUT2D eigenvalue weighted by Gasteiger charge is -2.30. The number of ether oxygens (including phenoxy) is 1. The molecule has 0 bridgehead atoms. The lowest BCUT2D eigenvalue weighted by molar-refractivity contribution is -0.142. The SMILES string of the molecule is CC[C@@]1(CC(=O)OC)C=CCCC1. The molecule has 0 spiro atoms. The van der Waals surface area contributed by atoms with Gasteiger partial charge in [0.15, 0.2) is 0 Å². The van der Waals surface area contributed by atoms with Crippen molar-refractivity contribution in [1.82, 2.24) is 0 Å². The molecule has 0 heterocycles. The van der Waals surface area contributed by atoms with Crippen molar-refractivity contribution >= 4 is 5.97 Å². The lowest BCUT2D eigenvalue weighted by Crippen LogP contribution is -2.24. The number of rotatable bonds is 3. The summed E-state index contributed by atoms with van der Waals surface area (Å²) < 4.78 is 4.71. The van der Waals surface area contributed by atoms with Gasteiger partial charge in [0, 0.05) is 0 Å². The Bertz CT molecular complexity index is 208. The summed E-state index contributed by atoms with van der Waals surface area (Å²) in [4.78, 5) is 11.2. The van der Waals surface area contributed by atoms with Crippen LogP contribution in [0.4, 0.5) is 0 Å². The van der Waals surface area contributed by atoms with Crippen LogP contribution in [0.2, 0.25) is 0 Å². The molecular weight excluding hydrogens is 164 g/mol. The van der Waals surface area contributed by atoms with E-state index in [-0.39, 0.29) is 11.4 Å². The molecule has 1 aliphatic carbocycles. The molecule has 13 heavy (non-hydrogen) atoms. The Hall–Kier alpha value is -0.790. The first-order valence-electron chi connectivity index (χ1n) is 4.97. The maximum absolute atomic E-state index is 11.2. The topological polar surface area (TPSA) is 26.3 Å². The molecule has 0 saturated heterocycles. The number of hydrogen-bond donors (Lipinski definition) is 0. The van der Waals surface area contributed by atoms with Crippen molar-refractivity contribution in [2.24, 2.45) is 5.41 Å². The Morgan fingerprint density at radius 1 is 1.62 bits per heavy atom. The smallest absolute Gasteiger partial charge is 0.306 e. The molecule has 0 aromatic heterocycles. The summed E-state index contributed by atoms with van der Waals surface area (Å²) in [5.74, 6) is -0.0894. The van der Waals surface area contributed by atoms with Crippen LogP contribution in [0.3, 0.4) is 0 Å². The van der Waals surface area contributed by atoms with Gasteiger partial charge in [-0.25, -0.2) is 0 Å². The fourth-order valence-electron chi connectivity index (χ4n) is 1.92. The van der Waals surface area contributed by atoms with Gasteiger partial charge < -0.3 is 4.74 Å². The average molecular weight is 182 g/mol. The van der Waals surface area contributed by atoms with Crippen molar-refractivity contribution in [1.29, 1.82) is 0 Å². The Kier molecular flexibility index (Phi) is 3.52. The van der Waals surface area contributed by atoms with Crippen molar-refractivity contribution in [3.63, 3.8) is 0 Å². The third kappa shape index (κ3) is 2.58. The molecule has 0 N–H and O–H groups in total. The van der Waals surface area contributed by atoms with Gasteiger partial charge in [-0.3, -0.25) is 4.79 Å². The Morgan fingerprint density at radius 2 is 2.38 bits per heavy atom. The normalized spacial score (nSPS) is 27.2. The second-order valence-corrected chi connectivity index (χ2v) is 3.76. The highest BCUT2D eigenvalue weighted by Gasteiger charge is 2.29. The molecule has 1 aliphatic rings. The Morgan fingerprint density at radius 3 is 2.85 bits per heavy atom. The highest BCUT2D eigenvalue weighted by Crippen LogP contribution is 2.37. The fourth-order valence-corrected chi connectivity index (χ4v) is 1.92. The number of methoxy groups -OCH3 is 1. The number of esters is 1. The van der Waals surface area contributed by atoms with Crippen molar-refractivity contribution in [3.8, 4) is 0 Å². The van der Waals surface area contributed by atoms with Crippen LogP contribution in [0.25, 0.3) is 0 Å². The second-order valence-electron chi connectivity index (χ2n) is 3.76. The van der Waals surface area contributed by atoms with Crippen molar-refractivity contribution < 1.29 is 9.53 Å². The molecule has 0 unspecified atom stereocenters. The summed E-state index contributed by atoms with van der Waals surface area (Å²) in [7, 11) is 1.46. The lowest BCUT2D eigenvalue weighted by atomic mass is 9.74. The van der Waals surface area contributed by atoms with E-state index in [0.29, 0.717) is 6.42 Å². The molecule has 2 nitrogen and oxygen atoms in total. The Balaban J connectivity index is 2.63. The van der Waals surface area contributed by atoms with Gasteiger partial charge in [-0.2, -0.15) is 0 Å². The van der Waals surface area contributed by atoms with Gasteiger partial charge in [0.2, 0.25) is 0 Å². The van der Waals surface area contributed by atoms with Gasteiger partial charge in [-0.05, 0) is 31.1 Å². The largest absolute Gasteiger partial charge is 0.469 e. The molecule has 0 amide bonds. The minimum absolute atomic E-state index is 0.0886. The Labute approximate surface area is 80.0 Å². The van der Waals surface area contributed by atoms with Crippen LogP contribution in [0.5, 0.6) is 0 Å². The maximum Gasteiger partial charge on any atom is 0.306 e. The molecule has 0 aliphatic heterocycles. The van der Waals surface area contributed by atoms with E-state index in [4.69, 9.17) is 4.74 Å². The zero-order valence-electron chi connectivity index (χ0n) is 8.51. The van der Waals surface area contributed by atoms with E-state index in [1.54, 1.807) is 0 Å². The molecule has 74 valence electrons. The maximum atomic E-state index is 11.2. The first-order chi connectivity index (χ1) is 6.22. The molecule has 0 fully saturated rings. The molecule has 1 rings (SSSR count). The molecule has 0 saturated carbocycles. The van der Waals surface area contributed by atoms with Gasteiger partial charge in [0.25, 0.3) is 0 Å². The van der Waals surface area contributed by atoms with Crippen molar-refractivity contribution in [2.45, 2.75) is 39.0 Å². The molecule has 0 aromatic carbocycles. The number of hydrogen-bond acceptors (Lipinski definition) is 2. The van der Waals surface area contributed by atoms with Crippen LogP contribution in [0.15, 0.2) is 12.2 Å². The van der Waals surface area contributed by atoms with E-state index in [0.717, 1.165) is 19.3 Å². The van der Waals surface area contributed by atoms with Crippen LogP contribution in [0, 0.1) is 5.41 Å². The van der Waals surface area contributed by atoms with Gasteiger partial charge in [0.1, 0.15) is 0 Å². The van der Waals surface area contributed by atoms with Crippen LogP contribution < -0.4 is 0 Å². The summed E-state index contributed by atoms with van der Waals surface area (Å²) in [6, 6.07) is 0. The molecular formula is C11H18O2. The molecule has 0 radical (unpaired) electrons. The average Bonchev–Trinajstić information content (AvgIpc) is 2.19. The third-order valence-electron chi connectivity index (χ3n) is 2.95. The van der Waals surface area contributed by atoms with E-state index in [2.05, 4.69) is 19.1 Å². The highest BCUT2D eigenvalue weighted by molar-refractivity contribution is 5.70.